The summed E-state index contributed by atoms with van der Waals surface area (Å²) in [5.41, 5.74) is 0. The van der Waals surface area contributed by atoms with E-state index in [0.29, 0.717) is 5.75 Å². The zero-order chi connectivity index (χ0) is 13.0. The van der Waals surface area contributed by atoms with Gasteiger partial charge in [0.05, 0.1) is 6.20 Å². The molecular weight excluding hydrogens is 204 g/mol. The molecule has 1 amide bonds. The third-order valence-corrected chi connectivity index (χ3v) is 1.20. The molecule has 0 aliphatic heterocycles. The van der Waals surface area contributed by atoms with Crippen LogP contribution >= 0.6 is 0 Å². The molecule has 16 heavy (non-hydrogen) atoms. The fourth-order valence-corrected chi connectivity index (χ4v) is 0.600. The van der Waals surface area contributed by atoms with Crippen LogP contribution in [0, 0.1) is 0 Å². The lowest BCUT2D eigenvalue weighted by atomic mass is 10.5. The van der Waals surface area contributed by atoms with Crippen molar-refractivity contribution < 1.29 is 9.53 Å². The van der Waals surface area contributed by atoms with E-state index in [1.165, 1.54) is 11.1 Å². The highest BCUT2D eigenvalue weighted by molar-refractivity contribution is 5.69. The maximum atomic E-state index is 11.0. The number of rotatable bonds is 1. The van der Waals surface area contributed by atoms with Crippen molar-refractivity contribution in [3.63, 3.8) is 0 Å². The molecule has 4 heteroatoms. The first-order valence-corrected chi connectivity index (χ1v) is 5.49. The average molecular weight is 226 g/mol. The Hall–Kier alpha value is -1.58. The average Bonchev–Trinajstić information content (AvgIpc) is 2.35. The number of ether oxygens (including phenoxy) is 1. The van der Waals surface area contributed by atoms with E-state index in [0.717, 1.165) is 0 Å². The summed E-state index contributed by atoms with van der Waals surface area (Å²) in [5.74, 6) is 0.455. The Labute approximate surface area is 98.3 Å². The van der Waals surface area contributed by atoms with Gasteiger partial charge in [-0.1, -0.05) is 27.7 Å². The molecule has 1 rings (SSSR count). The predicted octanol–water partition coefficient (Wildman–Crippen LogP) is 3.19. The standard InChI is InChI=1S/C8H10N2O2.2C2H6/c1-10(2)8(11)12-7-4-3-5-9-6-7;2*1-2/h3-6H,1-2H3;2*1-2H3. The van der Waals surface area contributed by atoms with Crippen LogP contribution in [0.5, 0.6) is 5.75 Å². The van der Waals surface area contributed by atoms with Crippen molar-refractivity contribution >= 4 is 6.09 Å². The zero-order valence-corrected chi connectivity index (χ0v) is 11.0. The number of hydrogen-bond donors (Lipinski definition) is 0. The molecule has 0 spiro atoms. The van der Waals surface area contributed by atoms with Crippen molar-refractivity contribution in [2.24, 2.45) is 0 Å². The van der Waals surface area contributed by atoms with Crippen LogP contribution in [-0.4, -0.2) is 30.1 Å². The number of hydrogen-bond acceptors (Lipinski definition) is 3. The second kappa shape index (κ2) is 11.5. The highest BCUT2D eigenvalue weighted by Crippen LogP contribution is 2.06. The van der Waals surface area contributed by atoms with Gasteiger partial charge in [0.25, 0.3) is 0 Å². The molecule has 0 aliphatic rings. The second-order valence-corrected chi connectivity index (χ2v) is 2.45. The van der Waals surface area contributed by atoms with E-state index in [2.05, 4.69) is 4.98 Å². The monoisotopic (exact) mass is 226 g/mol. The smallest absolute Gasteiger partial charge is 0.409 e. The molecule has 0 atom stereocenters. The van der Waals surface area contributed by atoms with Gasteiger partial charge in [0.15, 0.2) is 5.75 Å². The van der Waals surface area contributed by atoms with E-state index >= 15 is 0 Å². The largest absolute Gasteiger partial charge is 0.414 e. The molecule has 1 heterocycles. The summed E-state index contributed by atoms with van der Waals surface area (Å²) in [5, 5.41) is 0. The molecule has 0 radical (unpaired) electrons. The number of carbonyl (C=O) groups excluding carboxylic acids is 1. The molecular formula is C12H22N2O2. The van der Waals surface area contributed by atoms with Crippen LogP contribution in [0.4, 0.5) is 4.79 Å². The molecule has 1 aromatic heterocycles. The fourth-order valence-electron chi connectivity index (χ4n) is 0.600. The van der Waals surface area contributed by atoms with Crippen LogP contribution in [0.1, 0.15) is 27.7 Å². The van der Waals surface area contributed by atoms with E-state index < -0.39 is 6.09 Å². The van der Waals surface area contributed by atoms with Crippen LogP contribution in [0.15, 0.2) is 24.5 Å². The van der Waals surface area contributed by atoms with Gasteiger partial charge in [-0.05, 0) is 12.1 Å². The lowest BCUT2D eigenvalue weighted by Crippen LogP contribution is -2.25. The minimum Gasteiger partial charge on any atom is -0.409 e. The third kappa shape index (κ3) is 7.79. The van der Waals surface area contributed by atoms with E-state index in [1.807, 2.05) is 27.7 Å². The van der Waals surface area contributed by atoms with Gasteiger partial charge in [-0.25, -0.2) is 4.79 Å². The Kier molecular flexibility index (Phi) is 12.1. The molecule has 0 aliphatic carbocycles. The highest BCUT2D eigenvalue weighted by atomic mass is 16.6. The third-order valence-electron chi connectivity index (χ3n) is 1.20. The number of nitrogens with zero attached hydrogens (tertiary/aromatic N) is 2. The van der Waals surface area contributed by atoms with Gasteiger partial charge in [-0.3, -0.25) is 4.98 Å². The molecule has 0 unspecified atom stereocenters. The van der Waals surface area contributed by atoms with Crippen molar-refractivity contribution in [2.75, 3.05) is 14.1 Å². The van der Waals surface area contributed by atoms with E-state index in [1.54, 1.807) is 32.4 Å². The van der Waals surface area contributed by atoms with Gasteiger partial charge in [-0.15, -0.1) is 0 Å². The SMILES string of the molecule is CC.CC.CN(C)C(=O)Oc1cccnc1. The first-order valence-electron chi connectivity index (χ1n) is 5.49. The number of amides is 1. The lowest BCUT2D eigenvalue weighted by molar-refractivity contribution is 0.171. The molecule has 92 valence electrons. The van der Waals surface area contributed by atoms with E-state index in [4.69, 9.17) is 4.74 Å². The van der Waals surface area contributed by atoms with Crippen molar-refractivity contribution in [2.45, 2.75) is 27.7 Å². The Morgan fingerprint density at radius 3 is 2.19 bits per heavy atom. The number of pyridine rings is 1. The van der Waals surface area contributed by atoms with Crippen LogP contribution in [0.3, 0.4) is 0 Å². The minimum atomic E-state index is -0.400. The molecule has 0 saturated carbocycles. The van der Waals surface area contributed by atoms with Gasteiger partial charge in [0.1, 0.15) is 0 Å². The fraction of sp³-hybridized carbons (Fsp3) is 0.500. The summed E-state index contributed by atoms with van der Waals surface area (Å²) in [6.45, 7) is 8.00. The van der Waals surface area contributed by atoms with Crippen LogP contribution in [0.25, 0.3) is 0 Å². The predicted molar refractivity (Wildman–Crippen MR) is 66.6 cm³/mol. The van der Waals surface area contributed by atoms with Gasteiger partial charge >= 0.3 is 6.09 Å². The Bertz CT molecular complexity index is 261. The Morgan fingerprint density at radius 2 is 1.81 bits per heavy atom. The summed E-state index contributed by atoms with van der Waals surface area (Å²) in [4.78, 5) is 16.1. The first kappa shape index (κ1) is 16.8. The normalized spacial score (nSPS) is 7.62. The summed E-state index contributed by atoms with van der Waals surface area (Å²) in [7, 11) is 3.25. The summed E-state index contributed by atoms with van der Waals surface area (Å²) < 4.78 is 4.90. The van der Waals surface area contributed by atoms with Crippen molar-refractivity contribution in [1.82, 2.24) is 9.88 Å². The molecule has 0 saturated heterocycles. The maximum absolute atomic E-state index is 11.0. The quantitative estimate of drug-likeness (QED) is 0.738. The Balaban J connectivity index is 0. The molecule has 1 aromatic rings. The first-order chi connectivity index (χ1) is 7.70. The van der Waals surface area contributed by atoms with E-state index in [9.17, 15) is 4.79 Å². The Morgan fingerprint density at radius 1 is 1.25 bits per heavy atom. The molecule has 0 bridgehead atoms. The maximum Gasteiger partial charge on any atom is 0.414 e. The van der Waals surface area contributed by atoms with Crippen LogP contribution < -0.4 is 4.74 Å². The summed E-state index contributed by atoms with van der Waals surface area (Å²) in [6.07, 6.45) is 2.71. The van der Waals surface area contributed by atoms with Gasteiger partial charge < -0.3 is 9.64 Å². The highest BCUT2D eigenvalue weighted by Gasteiger charge is 2.05. The van der Waals surface area contributed by atoms with Crippen molar-refractivity contribution in [3.05, 3.63) is 24.5 Å². The molecule has 4 nitrogen and oxygen atoms in total. The second-order valence-electron chi connectivity index (χ2n) is 2.45. The molecule has 0 N–H and O–H groups in total. The van der Waals surface area contributed by atoms with Gasteiger partial charge in [0, 0.05) is 20.3 Å². The summed E-state index contributed by atoms with van der Waals surface area (Å²) >= 11 is 0. The number of aromatic nitrogens is 1. The minimum absolute atomic E-state index is 0.400. The number of carbonyl (C=O) groups is 1. The van der Waals surface area contributed by atoms with Crippen LogP contribution in [0.2, 0.25) is 0 Å². The van der Waals surface area contributed by atoms with Crippen molar-refractivity contribution in [3.8, 4) is 5.75 Å². The van der Waals surface area contributed by atoms with Crippen LogP contribution in [-0.2, 0) is 0 Å². The topological polar surface area (TPSA) is 42.4 Å². The summed E-state index contributed by atoms with van der Waals surface area (Å²) in [6, 6.07) is 3.38. The zero-order valence-electron chi connectivity index (χ0n) is 11.0. The molecule has 0 aromatic carbocycles. The van der Waals surface area contributed by atoms with Gasteiger partial charge in [-0.2, -0.15) is 0 Å². The van der Waals surface area contributed by atoms with Gasteiger partial charge in [0.2, 0.25) is 0 Å². The lowest BCUT2D eigenvalue weighted by Gasteiger charge is -2.09. The molecule has 0 fully saturated rings. The van der Waals surface area contributed by atoms with Crippen molar-refractivity contribution in [1.29, 1.82) is 0 Å². The van der Waals surface area contributed by atoms with E-state index in [-0.39, 0.29) is 0 Å².